The molecular weight excluding hydrogens is 484 g/mol. The fourth-order valence-electron chi connectivity index (χ4n) is 4.84. The number of ketones is 1. The van der Waals surface area contributed by atoms with Gasteiger partial charge in [-0.3, -0.25) is 4.79 Å². The number of Topliss-reactive ketones (excluding diaryl/α,β-unsaturated/α-hetero) is 1. The van der Waals surface area contributed by atoms with Gasteiger partial charge in [0.05, 0.1) is 6.04 Å². The highest BCUT2D eigenvalue weighted by Gasteiger charge is 2.37. The minimum atomic E-state index is -0.676. The van der Waals surface area contributed by atoms with Gasteiger partial charge in [-0.1, -0.05) is 115 Å². The molecule has 4 aromatic carbocycles. The molecule has 0 radical (unpaired) electrons. The molecule has 39 heavy (non-hydrogen) atoms. The molecule has 2 N–H and O–H groups in total. The Morgan fingerprint density at radius 2 is 1.31 bits per heavy atom. The summed E-state index contributed by atoms with van der Waals surface area (Å²) in [4.78, 5) is 25.9. The first-order chi connectivity index (χ1) is 19.1. The van der Waals surface area contributed by atoms with Gasteiger partial charge in [0.25, 0.3) is 0 Å². The zero-order valence-corrected chi connectivity index (χ0v) is 22.0. The van der Waals surface area contributed by atoms with Crippen molar-refractivity contribution in [1.82, 2.24) is 10.6 Å². The average molecular weight is 519 g/mol. The van der Waals surface area contributed by atoms with E-state index in [-0.39, 0.29) is 18.8 Å². The molecule has 2 unspecified atom stereocenters. The lowest BCUT2D eigenvalue weighted by Crippen LogP contribution is -2.43. The van der Waals surface area contributed by atoms with Crippen LogP contribution in [0.2, 0.25) is 0 Å². The Morgan fingerprint density at radius 1 is 0.718 bits per heavy atom. The maximum absolute atomic E-state index is 13.3. The molecule has 1 saturated carbocycles. The molecule has 0 heterocycles. The summed E-state index contributed by atoms with van der Waals surface area (Å²) >= 11 is 0. The van der Waals surface area contributed by atoms with Crippen molar-refractivity contribution < 1.29 is 14.3 Å². The minimum Gasteiger partial charge on any atom is -0.445 e. The predicted octanol–water partition coefficient (Wildman–Crippen LogP) is 5.98. The van der Waals surface area contributed by atoms with E-state index in [1.165, 1.54) is 11.1 Å². The van der Waals surface area contributed by atoms with E-state index in [1.807, 2.05) is 78.9 Å². The maximum Gasteiger partial charge on any atom is 0.408 e. The van der Waals surface area contributed by atoms with Crippen molar-refractivity contribution in [2.45, 2.75) is 50.4 Å². The van der Waals surface area contributed by atoms with Gasteiger partial charge < -0.3 is 15.4 Å². The molecule has 5 nitrogen and oxygen atoms in total. The Labute approximate surface area is 230 Å². The van der Waals surface area contributed by atoms with Gasteiger partial charge in [-0.05, 0) is 40.7 Å². The first-order valence-electron chi connectivity index (χ1n) is 13.5. The second kappa shape index (κ2) is 13.0. The quantitative estimate of drug-likeness (QED) is 0.242. The van der Waals surface area contributed by atoms with E-state index in [1.54, 1.807) is 0 Å². The van der Waals surface area contributed by atoms with Crippen molar-refractivity contribution in [2.75, 3.05) is 0 Å². The summed E-state index contributed by atoms with van der Waals surface area (Å²) in [6.07, 6.45) is 1.19. The van der Waals surface area contributed by atoms with Crippen molar-refractivity contribution in [2.24, 2.45) is 0 Å². The first-order valence-corrected chi connectivity index (χ1v) is 13.5. The highest BCUT2D eigenvalue weighted by Crippen LogP contribution is 2.41. The Kier molecular flexibility index (Phi) is 8.82. The van der Waals surface area contributed by atoms with Crippen LogP contribution in [0, 0.1) is 0 Å². The predicted molar refractivity (Wildman–Crippen MR) is 153 cm³/mol. The van der Waals surface area contributed by atoms with Crippen LogP contribution >= 0.6 is 0 Å². The topological polar surface area (TPSA) is 67.4 Å². The Balaban J connectivity index is 1.16. The Morgan fingerprint density at radius 3 is 1.95 bits per heavy atom. The van der Waals surface area contributed by atoms with E-state index in [4.69, 9.17) is 4.74 Å². The van der Waals surface area contributed by atoms with Crippen LogP contribution in [0.3, 0.4) is 0 Å². The number of hydrogen-bond acceptors (Lipinski definition) is 4. The largest absolute Gasteiger partial charge is 0.445 e. The summed E-state index contributed by atoms with van der Waals surface area (Å²) in [6, 6.07) is 37.8. The summed E-state index contributed by atoms with van der Waals surface area (Å²) in [5.41, 5.74) is 5.40. The number of ether oxygens (including phenoxy) is 1. The number of amides is 1. The zero-order valence-electron chi connectivity index (χ0n) is 22.0. The number of benzene rings is 4. The van der Waals surface area contributed by atoms with E-state index in [0.29, 0.717) is 18.4 Å². The van der Waals surface area contributed by atoms with Crippen LogP contribution in [0.5, 0.6) is 0 Å². The van der Waals surface area contributed by atoms with Crippen LogP contribution < -0.4 is 10.6 Å². The van der Waals surface area contributed by atoms with E-state index >= 15 is 0 Å². The van der Waals surface area contributed by atoms with Crippen LogP contribution in [0.1, 0.15) is 40.2 Å². The molecule has 3 atom stereocenters. The molecule has 0 aromatic heterocycles. The van der Waals surface area contributed by atoms with Crippen molar-refractivity contribution >= 4 is 11.9 Å². The molecule has 0 bridgehead atoms. The van der Waals surface area contributed by atoms with Crippen LogP contribution in [0.4, 0.5) is 4.79 Å². The molecule has 0 spiro atoms. The molecule has 0 aliphatic heterocycles. The van der Waals surface area contributed by atoms with Gasteiger partial charge in [0.2, 0.25) is 0 Å². The van der Waals surface area contributed by atoms with Crippen molar-refractivity contribution in [3.05, 3.63) is 143 Å². The van der Waals surface area contributed by atoms with Crippen molar-refractivity contribution in [3.63, 3.8) is 0 Å². The number of carbonyl (C=O) groups excluding carboxylic acids is 2. The highest BCUT2D eigenvalue weighted by molar-refractivity contribution is 5.89. The zero-order chi connectivity index (χ0) is 26.9. The number of alkyl carbamates (subject to hydrolysis) is 1. The number of rotatable bonds is 12. The van der Waals surface area contributed by atoms with Gasteiger partial charge in [-0.2, -0.15) is 0 Å². The van der Waals surface area contributed by atoms with E-state index < -0.39 is 12.1 Å². The number of carbonyl (C=O) groups is 2. The van der Waals surface area contributed by atoms with Gasteiger partial charge in [-0.15, -0.1) is 0 Å². The lowest BCUT2D eigenvalue weighted by Gasteiger charge is -2.18. The summed E-state index contributed by atoms with van der Waals surface area (Å²) < 4.78 is 5.40. The molecule has 4 aromatic rings. The van der Waals surface area contributed by atoms with E-state index in [0.717, 1.165) is 29.7 Å². The standard InChI is InChI=1S/C34H34N2O3/c37-33(21-26-16-18-29(19-17-26)30-22-31(30)35-23-27-12-6-2-7-13-27)32(20-25-10-4-1-5-11-25)36-34(38)39-24-28-14-8-3-9-15-28/h1-19,30-32,35H,20-24H2,(H,36,38)/t30?,31?,32-/m1/s1. The Bertz CT molecular complexity index is 1340. The van der Waals surface area contributed by atoms with Crippen molar-refractivity contribution in [1.29, 1.82) is 0 Å². The summed E-state index contributed by atoms with van der Waals surface area (Å²) in [5.74, 6) is 0.461. The van der Waals surface area contributed by atoms with Gasteiger partial charge in [0.1, 0.15) is 6.61 Å². The smallest absolute Gasteiger partial charge is 0.408 e. The normalized spacial score (nSPS) is 16.7. The molecule has 1 aliphatic carbocycles. The molecule has 198 valence electrons. The molecule has 5 heteroatoms. The molecule has 1 aliphatic rings. The van der Waals surface area contributed by atoms with Gasteiger partial charge in [0.15, 0.2) is 5.78 Å². The lowest BCUT2D eigenvalue weighted by atomic mass is 9.97. The van der Waals surface area contributed by atoms with Gasteiger partial charge >= 0.3 is 6.09 Å². The molecule has 1 amide bonds. The molecule has 5 rings (SSSR count). The minimum absolute atomic E-state index is 0.0444. The maximum atomic E-state index is 13.3. The molecular formula is C34H34N2O3. The van der Waals surface area contributed by atoms with Gasteiger partial charge in [0, 0.05) is 24.9 Å². The number of nitrogens with one attached hydrogen (secondary N) is 2. The number of hydrogen-bond donors (Lipinski definition) is 2. The summed E-state index contributed by atoms with van der Waals surface area (Å²) in [6.45, 7) is 1.03. The third-order valence-electron chi connectivity index (χ3n) is 7.16. The van der Waals surface area contributed by atoms with Gasteiger partial charge in [-0.25, -0.2) is 4.79 Å². The third-order valence-corrected chi connectivity index (χ3v) is 7.16. The first kappa shape index (κ1) is 26.4. The van der Waals surface area contributed by atoms with E-state index in [2.05, 4.69) is 47.0 Å². The highest BCUT2D eigenvalue weighted by atomic mass is 16.5. The van der Waals surface area contributed by atoms with Crippen LogP contribution in [0.25, 0.3) is 0 Å². The summed E-state index contributed by atoms with van der Waals surface area (Å²) in [7, 11) is 0. The second-order valence-corrected chi connectivity index (χ2v) is 10.1. The van der Waals surface area contributed by atoms with Crippen LogP contribution in [-0.2, 0) is 35.5 Å². The third kappa shape index (κ3) is 7.88. The molecule has 1 fully saturated rings. The fraction of sp³-hybridized carbons (Fsp3) is 0.235. The monoisotopic (exact) mass is 518 g/mol. The summed E-state index contributed by atoms with van der Waals surface area (Å²) in [5, 5.41) is 6.45. The second-order valence-electron chi connectivity index (χ2n) is 10.1. The van der Waals surface area contributed by atoms with E-state index in [9.17, 15) is 9.59 Å². The Hall–Kier alpha value is -4.22. The fourth-order valence-corrected chi connectivity index (χ4v) is 4.84. The van der Waals surface area contributed by atoms with Crippen LogP contribution in [-0.4, -0.2) is 24.0 Å². The SMILES string of the molecule is O=C(N[C@H](Cc1ccccc1)C(=O)Cc1ccc(C2CC2NCc2ccccc2)cc1)OCc1ccccc1. The van der Waals surface area contributed by atoms with Crippen molar-refractivity contribution in [3.8, 4) is 0 Å². The molecule has 0 saturated heterocycles. The average Bonchev–Trinajstić information content (AvgIpc) is 3.76. The van der Waals surface area contributed by atoms with Crippen LogP contribution in [0.15, 0.2) is 115 Å². The lowest BCUT2D eigenvalue weighted by molar-refractivity contribution is -0.120.